The number of hydrogen-bond acceptors (Lipinski definition) is 4. The van der Waals surface area contributed by atoms with Gasteiger partial charge in [-0.2, -0.15) is 5.06 Å². The van der Waals surface area contributed by atoms with Crippen LogP contribution >= 0.6 is 11.6 Å². The highest BCUT2D eigenvalue weighted by atomic mass is 35.5. The van der Waals surface area contributed by atoms with E-state index in [4.69, 9.17) is 16.4 Å². The first-order valence-electron chi connectivity index (χ1n) is 7.04. The second-order valence-electron chi connectivity index (χ2n) is 4.84. The van der Waals surface area contributed by atoms with Crippen LogP contribution in [0.25, 0.3) is 0 Å². The van der Waals surface area contributed by atoms with Gasteiger partial charge in [-0.05, 0) is 31.2 Å². The molecular formula is C17H15ClFNO4. The Kier molecular flexibility index (Phi) is 5.76. The molecule has 5 nitrogen and oxygen atoms in total. The third-order valence-electron chi connectivity index (χ3n) is 3.23. The van der Waals surface area contributed by atoms with Crippen LogP contribution < -0.4 is 4.84 Å². The van der Waals surface area contributed by atoms with Crippen molar-refractivity contribution in [1.29, 1.82) is 0 Å². The molecule has 1 amide bonds. The summed E-state index contributed by atoms with van der Waals surface area (Å²) in [6.45, 7) is 1.41. The van der Waals surface area contributed by atoms with Gasteiger partial charge in [0.15, 0.2) is 17.6 Å². The van der Waals surface area contributed by atoms with Gasteiger partial charge in [0, 0.05) is 5.56 Å². The van der Waals surface area contributed by atoms with Gasteiger partial charge in [0.25, 0.3) is 5.91 Å². The highest BCUT2D eigenvalue weighted by molar-refractivity contribution is 6.30. The van der Waals surface area contributed by atoms with Crippen LogP contribution in [0.2, 0.25) is 5.02 Å². The van der Waals surface area contributed by atoms with Crippen molar-refractivity contribution in [2.75, 3.05) is 7.11 Å². The fourth-order valence-electron chi connectivity index (χ4n) is 1.93. The summed E-state index contributed by atoms with van der Waals surface area (Å²) in [6.07, 6.45) is 0. The van der Waals surface area contributed by atoms with E-state index < -0.39 is 23.7 Å². The SMILES string of the molecule is COC(=O)[C@H](C)N(Oc1cccc(Cl)c1F)C(=O)c1ccccc1. The average molecular weight is 352 g/mol. The lowest BCUT2D eigenvalue weighted by Gasteiger charge is -2.27. The van der Waals surface area contributed by atoms with Crippen LogP contribution in [0, 0.1) is 5.82 Å². The molecule has 0 saturated carbocycles. The van der Waals surface area contributed by atoms with Gasteiger partial charge in [-0.1, -0.05) is 35.9 Å². The largest absolute Gasteiger partial charge is 0.467 e. The van der Waals surface area contributed by atoms with Gasteiger partial charge in [-0.15, -0.1) is 0 Å². The number of benzene rings is 2. The molecular weight excluding hydrogens is 337 g/mol. The van der Waals surface area contributed by atoms with Gasteiger partial charge in [-0.3, -0.25) is 4.79 Å². The monoisotopic (exact) mass is 351 g/mol. The second-order valence-corrected chi connectivity index (χ2v) is 5.25. The minimum atomic E-state index is -1.10. The summed E-state index contributed by atoms with van der Waals surface area (Å²) in [6, 6.07) is 11.2. The average Bonchev–Trinajstić information content (AvgIpc) is 2.62. The molecule has 0 radical (unpaired) electrons. The number of carbonyl (C=O) groups is 2. The molecule has 0 bridgehead atoms. The number of hydrogen-bond donors (Lipinski definition) is 0. The lowest BCUT2D eigenvalue weighted by Crippen LogP contribution is -2.46. The van der Waals surface area contributed by atoms with Gasteiger partial charge >= 0.3 is 5.97 Å². The Morgan fingerprint density at radius 2 is 1.79 bits per heavy atom. The zero-order chi connectivity index (χ0) is 17.7. The normalized spacial score (nSPS) is 11.5. The highest BCUT2D eigenvalue weighted by Crippen LogP contribution is 2.26. The maximum absolute atomic E-state index is 14.1. The van der Waals surface area contributed by atoms with Crippen LogP contribution in [-0.2, 0) is 9.53 Å². The van der Waals surface area contributed by atoms with Crippen LogP contribution in [0.1, 0.15) is 17.3 Å². The molecule has 2 rings (SSSR count). The summed E-state index contributed by atoms with van der Waals surface area (Å²) in [5, 5.41) is 0.598. The summed E-state index contributed by atoms with van der Waals surface area (Å²) in [5.41, 5.74) is 0.274. The number of nitrogens with zero attached hydrogens (tertiary/aromatic N) is 1. The van der Waals surface area contributed by atoms with Crippen LogP contribution in [-0.4, -0.2) is 30.1 Å². The number of esters is 1. The molecule has 0 aliphatic heterocycles. The highest BCUT2D eigenvalue weighted by Gasteiger charge is 2.30. The van der Waals surface area contributed by atoms with E-state index in [1.54, 1.807) is 30.3 Å². The van der Waals surface area contributed by atoms with Crippen LogP contribution in [0.3, 0.4) is 0 Å². The van der Waals surface area contributed by atoms with Crippen molar-refractivity contribution in [3.05, 3.63) is 64.9 Å². The first-order chi connectivity index (χ1) is 11.5. The summed E-state index contributed by atoms with van der Waals surface area (Å²) in [7, 11) is 1.18. The lowest BCUT2D eigenvalue weighted by atomic mass is 10.2. The topological polar surface area (TPSA) is 55.8 Å². The quantitative estimate of drug-likeness (QED) is 0.611. The number of amides is 1. The van der Waals surface area contributed by atoms with Crippen molar-refractivity contribution in [3.63, 3.8) is 0 Å². The van der Waals surface area contributed by atoms with Crippen molar-refractivity contribution in [3.8, 4) is 5.75 Å². The molecule has 0 aliphatic rings. The van der Waals surface area contributed by atoms with Crippen LogP contribution in [0.5, 0.6) is 5.75 Å². The van der Waals surface area contributed by atoms with Gasteiger partial charge in [0.2, 0.25) is 0 Å². The fourth-order valence-corrected chi connectivity index (χ4v) is 2.10. The number of halogens is 2. The number of ether oxygens (including phenoxy) is 1. The molecule has 0 unspecified atom stereocenters. The predicted molar refractivity (Wildman–Crippen MR) is 86.1 cm³/mol. The van der Waals surface area contributed by atoms with Crippen molar-refractivity contribution in [2.45, 2.75) is 13.0 Å². The molecule has 1 atom stereocenters. The molecule has 0 aromatic heterocycles. The summed E-state index contributed by atoms with van der Waals surface area (Å²) < 4.78 is 18.7. The van der Waals surface area contributed by atoms with Crippen LogP contribution in [0.4, 0.5) is 4.39 Å². The molecule has 7 heteroatoms. The maximum Gasteiger partial charge on any atom is 0.332 e. The first kappa shape index (κ1) is 17.7. The van der Waals surface area contributed by atoms with Gasteiger partial charge in [-0.25, -0.2) is 9.18 Å². The third kappa shape index (κ3) is 3.83. The Hall–Kier alpha value is -2.60. The van der Waals surface area contributed by atoms with E-state index in [0.717, 1.165) is 5.06 Å². The van der Waals surface area contributed by atoms with Crippen molar-refractivity contribution in [2.24, 2.45) is 0 Å². The fraction of sp³-hybridized carbons (Fsp3) is 0.176. The van der Waals surface area contributed by atoms with Crippen molar-refractivity contribution in [1.82, 2.24) is 5.06 Å². The van der Waals surface area contributed by atoms with E-state index in [0.29, 0.717) is 0 Å². The number of methoxy groups -OCH3 is 1. The lowest BCUT2D eigenvalue weighted by molar-refractivity contribution is -0.155. The Bertz CT molecular complexity index is 739. The maximum atomic E-state index is 14.1. The molecule has 0 N–H and O–H groups in total. The molecule has 0 saturated heterocycles. The Morgan fingerprint density at radius 1 is 1.12 bits per heavy atom. The Labute approximate surface area is 143 Å². The third-order valence-corrected chi connectivity index (χ3v) is 3.52. The standard InChI is InChI=1S/C17H15ClFNO4/c1-11(17(22)23-2)20(16(21)12-7-4-3-5-8-12)24-14-10-6-9-13(18)15(14)19/h3-11H,1-2H3/t11-/m0/s1. The molecule has 24 heavy (non-hydrogen) atoms. The minimum absolute atomic E-state index is 0.162. The molecule has 2 aromatic carbocycles. The minimum Gasteiger partial charge on any atom is -0.467 e. The van der Waals surface area contributed by atoms with E-state index in [-0.39, 0.29) is 16.3 Å². The Balaban J connectivity index is 2.38. The van der Waals surface area contributed by atoms with E-state index >= 15 is 0 Å². The van der Waals surface area contributed by atoms with Crippen LogP contribution in [0.15, 0.2) is 48.5 Å². The smallest absolute Gasteiger partial charge is 0.332 e. The van der Waals surface area contributed by atoms with Crippen molar-refractivity contribution >= 4 is 23.5 Å². The van der Waals surface area contributed by atoms with Gasteiger partial charge in [0.05, 0.1) is 12.1 Å². The summed E-state index contributed by atoms with van der Waals surface area (Å²) in [4.78, 5) is 29.8. The van der Waals surface area contributed by atoms with E-state index in [1.165, 1.54) is 32.2 Å². The zero-order valence-electron chi connectivity index (χ0n) is 13.0. The van der Waals surface area contributed by atoms with E-state index in [2.05, 4.69) is 4.74 Å². The molecule has 2 aromatic rings. The summed E-state index contributed by atoms with van der Waals surface area (Å²) in [5.74, 6) is -2.43. The van der Waals surface area contributed by atoms with Gasteiger partial charge < -0.3 is 9.57 Å². The first-order valence-corrected chi connectivity index (χ1v) is 7.42. The molecule has 0 fully saturated rings. The zero-order valence-corrected chi connectivity index (χ0v) is 13.8. The number of hydroxylamine groups is 2. The van der Waals surface area contributed by atoms with E-state index in [9.17, 15) is 14.0 Å². The number of carbonyl (C=O) groups excluding carboxylic acids is 2. The molecule has 0 spiro atoms. The summed E-state index contributed by atoms with van der Waals surface area (Å²) >= 11 is 5.71. The molecule has 0 aliphatic carbocycles. The Morgan fingerprint density at radius 3 is 2.42 bits per heavy atom. The number of rotatable bonds is 5. The molecule has 126 valence electrons. The second kappa shape index (κ2) is 7.79. The van der Waals surface area contributed by atoms with E-state index in [1.807, 2.05) is 0 Å². The predicted octanol–water partition coefficient (Wildman–Crippen LogP) is 3.48. The van der Waals surface area contributed by atoms with Crippen molar-refractivity contribution < 1.29 is 23.6 Å². The van der Waals surface area contributed by atoms with Gasteiger partial charge in [0.1, 0.15) is 0 Å². The molecule has 0 heterocycles.